The van der Waals surface area contributed by atoms with E-state index in [0.717, 1.165) is 26.4 Å². The smallest absolute Gasteiger partial charge is 0.234 e. The highest BCUT2D eigenvalue weighted by atomic mass is 32.2. The predicted molar refractivity (Wildman–Crippen MR) is 105 cm³/mol. The third-order valence-electron chi connectivity index (χ3n) is 3.29. The number of carbonyl (C=O) groups excluding carboxylic acids is 1. The van der Waals surface area contributed by atoms with Gasteiger partial charge in [-0.2, -0.15) is 0 Å². The zero-order valence-electron chi connectivity index (χ0n) is 14.1. The highest BCUT2D eigenvalue weighted by Gasteiger charge is 2.06. The molecule has 0 bridgehead atoms. The van der Waals surface area contributed by atoms with Crippen molar-refractivity contribution in [3.05, 3.63) is 67.0 Å². The van der Waals surface area contributed by atoms with Crippen molar-refractivity contribution in [1.82, 2.24) is 9.97 Å². The molecule has 0 aliphatic heterocycles. The van der Waals surface area contributed by atoms with Crippen LogP contribution in [-0.2, 0) is 4.79 Å². The number of nitrogens with one attached hydrogen (secondary N) is 1. The molecule has 132 valence electrons. The van der Waals surface area contributed by atoms with Crippen molar-refractivity contribution in [1.29, 1.82) is 0 Å². The van der Waals surface area contributed by atoms with Crippen LogP contribution in [0.3, 0.4) is 0 Å². The number of anilines is 1. The number of rotatable bonds is 7. The third-order valence-corrected chi connectivity index (χ3v) is 5.19. The van der Waals surface area contributed by atoms with E-state index >= 15 is 0 Å². The third kappa shape index (κ3) is 5.50. The average molecular weight is 383 g/mol. The van der Waals surface area contributed by atoms with E-state index < -0.39 is 0 Å². The Kier molecular flexibility index (Phi) is 6.51. The highest BCUT2D eigenvalue weighted by molar-refractivity contribution is 8.00. The maximum Gasteiger partial charge on any atom is 0.234 e. The van der Waals surface area contributed by atoms with E-state index in [1.807, 2.05) is 48.5 Å². The minimum absolute atomic E-state index is 0.0641. The van der Waals surface area contributed by atoms with E-state index in [9.17, 15) is 4.79 Å². The van der Waals surface area contributed by atoms with E-state index in [0.29, 0.717) is 5.75 Å². The van der Waals surface area contributed by atoms with Gasteiger partial charge in [0, 0.05) is 23.0 Å². The highest BCUT2D eigenvalue weighted by Crippen LogP contribution is 2.26. The molecule has 0 atom stereocenters. The molecule has 0 spiro atoms. The standard InChI is InChI=1S/C19H17N3O2S2/c1-24-15-5-7-16(8-6-15)25-13-17(23)22-14-9-11-21-19(12-14)26-18-4-2-3-10-20-18/h2-12H,13H2,1H3,(H,21,22,23). The Bertz CT molecular complexity index is 858. The lowest BCUT2D eigenvalue weighted by molar-refractivity contribution is -0.113. The Labute approximate surface area is 160 Å². The molecule has 3 rings (SSSR count). The van der Waals surface area contributed by atoms with Crippen molar-refractivity contribution in [2.75, 3.05) is 18.2 Å². The monoisotopic (exact) mass is 383 g/mol. The summed E-state index contributed by atoms with van der Waals surface area (Å²) in [6, 6.07) is 17.0. The molecule has 0 saturated carbocycles. The second-order valence-electron chi connectivity index (χ2n) is 5.17. The summed E-state index contributed by atoms with van der Waals surface area (Å²) in [7, 11) is 1.63. The number of methoxy groups -OCH3 is 1. The fourth-order valence-electron chi connectivity index (χ4n) is 2.08. The first kappa shape index (κ1) is 18.3. The van der Waals surface area contributed by atoms with Crippen molar-refractivity contribution in [3.8, 4) is 5.75 Å². The Morgan fingerprint density at radius 1 is 1.04 bits per heavy atom. The van der Waals surface area contributed by atoms with E-state index in [4.69, 9.17) is 4.74 Å². The van der Waals surface area contributed by atoms with E-state index in [2.05, 4.69) is 15.3 Å². The van der Waals surface area contributed by atoms with Gasteiger partial charge in [-0.15, -0.1) is 11.8 Å². The van der Waals surface area contributed by atoms with Gasteiger partial charge in [0.25, 0.3) is 0 Å². The van der Waals surface area contributed by atoms with Gasteiger partial charge in [0.2, 0.25) is 5.91 Å². The average Bonchev–Trinajstić information content (AvgIpc) is 2.68. The maximum absolute atomic E-state index is 12.2. The van der Waals surface area contributed by atoms with Gasteiger partial charge in [0.05, 0.1) is 12.9 Å². The zero-order chi connectivity index (χ0) is 18.2. The van der Waals surface area contributed by atoms with Gasteiger partial charge in [0.1, 0.15) is 15.8 Å². The van der Waals surface area contributed by atoms with Crippen molar-refractivity contribution in [2.45, 2.75) is 14.9 Å². The predicted octanol–water partition coefficient (Wildman–Crippen LogP) is 4.37. The van der Waals surface area contributed by atoms with Crippen molar-refractivity contribution < 1.29 is 9.53 Å². The number of hydrogen-bond donors (Lipinski definition) is 1. The van der Waals surface area contributed by atoms with Gasteiger partial charge in [-0.05, 0) is 48.5 Å². The molecule has 0 saturated heterocycles. The molecule has 0 fully saturated rings. The van der Waals surface area contributed by atoms with Crippen LogP contribution < -0.4 is 10.1 Å². The number of aromatic nitrogens is 2. The molecule has 7 heteroatoms. The van der Waals surface area contributed by atoms with E-state index in [1.165, 1.54) is 23.5 Å². The number of carbonyl (C=O) groups is 1. The number of ether oxygens (including phenoxy) is 1. The summed E-state index contributed by atoms with van der Waals surface area (Å²) < 4.78 is 5.13. The summed E-state index contributed by atoms with van der Waals surface area (Å²) in [6.45, 7) is 0. The molecule has 0 unspecified atom stereocenters. The summed E-state index contributed by atoms with van der Waals surface area (Å²) in [5, 5.41) is 4.54. The molecule has 2 aromatic heterocycles. The summed E-state index contributed by atoms with van der Waals surface area (Å²) in [5.74, 6) is 1.07. The Hall–Kier alpha value is -2.51. The van der Waals surface area contributed by atoms with Crippen LogP contribution in [0.1, 0.15) is 0 Å². The van der Waals surface area contributed by atoms with Crippen LogP contribution in [0.15, 0.2) is 81.9 Å². The molecule has 5 nitrogen and oxygen atoms in total. The van der Waals surface area contributed by atoms with E-state index in [1.54, 1.807) is 25.6 Å². The number of benzene rings is 1. The van der Waals surface area contributed by atoms with Crippen molar-refractivity contribution >= 4 is 35.1 Å². The topological polar surface area (TPSA) is 64.1 Å². The molecular weight excluding hydrogens is 366 g/mol. The van der Waals surface area contributed by atoms with Crippen LogP contribution in [0.2, 0.25) is 0 Å². The Balaban J connectivity index is 1.54. The van der Waals surface area contributed by atoms with Crippen LogP contribution in [0.25, 0.3) is 0 Å². The van der Waals surface area contributed by atoms with Crippen LogP contribution in [0.4, 0.5) is 5.69 Å². The molecular formula is C19H17N3O2S2. The number of pyridine rings is 2. The molecule has 26 heavy (non-hydrogen) atoms. The SMILES string of the molecule is COc1ccc(SCC(=O)Nc2ccnc(Sc3ccccn3)c2)cc1. The van der Waals surface area contributed by atoms with Gasteiger partial charge in [-0.1, -0.05) is 17.8 Å². The summed E-state index contributed by atoms with van der Waals surface area (Å²) in [5.41, 5.74) is 0.721. The fraction of sp³-hybridized carbons (Fsp3) is 0.105. The zero-order valence-corrected chi connectivity index (χ0v) is 15.7. The molecule has 1 N–H and O–H groups in total. The van der Waals surface area contributed by atoms with Gasteiger partial charge >= 0.3 is 0 Å². The normalized spacial score (nSPS) is 10.3. The molecule has 0 aliphatic rings. The number of hydrogen-bond acceptors (Lipinski definition) is 6. The first-order valence-electron chi connectivity index (χ1n) is 7.84. The maximum atomic E-state index is 12.2. The van der Waals surface area contributed by atoms with Crippen LogP contribution in [0, 0.1) is 0 Å². The number of amides is 1. The lowest BCUT2D eigenvalue weighted by atomic mass is 10.3. The fourth-order valence-corrected chi connectivity index (χ4v) is 3.55. The first-order valence-corrected chi connectivity index (χ1v) is 9.65. The number of nitrogens with zero attached hydrogens (tertiary/aromatic N) is 2. The van der Waals surface area contributed by atoms with Crippen molar-refractivity contribution in [3.63, 3.8) is 0 Å². The van der Waals surface area contributed by atoms with Gasteiger partial charge in [-0.3, -0.25) is 4.79 Å². The molecule has 0 radical (unpaired) electrons. The Morgan fingerprint density at radius 2 is 1.85 bits per heavy atom. The van der Waals surface area contributed by atoms with Crippen molar-refractivity contribution in [2.24, 2.45) is 0 Å². The molecule has 1 aromatic carbocycles. The van der Waals surface area contributed by atoms with Crippen LogP contribution in [-0.4, -0.2) is 28.7 Å². The lowest BCUT2D eigenvalue weighted by Crippen LogP contribution is -2.14. The quantitative estimate of drug-likeness (QED) is 0.611. The number of thioether (sulfide) groups is 1. The second kappa shape index (κ2) is 9.26. The van der Waals surface area contributed by atoms with Gasteiger partial charge in [-0.25, -0.2) is 9.97 Å². The molecule has 1 amide bonds. The van der Waals surface area contributed by atoms with Crippen LogP contribution in [0.5, 0.6) is 5.75 Å². The minimum Gasteiger partial charge on any atom is -0.497 e. The largest absolute Gasteiger partial charge is 0.497 e. The van der Waals surface area contributed by atoms with Gasteiger partial charge < -0.3 is 10.1 Å². The summed E-state index contributed by atoms with van der Waals surface area (Å²) in [6.07, 6.45) is 3.42. The minimum atomic E-state index is -0.0641. The summed E-state index contributed by atoms with van der Waals surface area (Å²) >= 11 is 2.93. The molecule has 0 aliphatic carbocycles. The lowest BCUT2D eigenvalue weighted by Gasteiger charge is -2.07. The van der Waals surface area contributed by atoms with E-state index in [-0.39, 0.29) is 5.91 Å². The van der Waals surface area contributed by atoms with Crippen LogP contribution >= 0.6 is 23.5 Å². The summed E-state index contributed by atoms with van der Waals surface area (Å²) in [4.78, 5) is 21.8. The first-order chi connectivity index (χ1) is 12.7. The Morgan fingerprint density at radius 3 is 2.58 bits per heavy atom. The van der Waals surface area contributed by atoms with Gasteiger partial charge in [0.15, 0.2) is 0 Å². The molecule has 3 aromatic rings. The molecule has 2 heterocycles. The second-order valence-corrected chi connectivity index (χ2v) is 7.25.